The zero-order valence-corrected chi connectivity index (χ0v) is 7.46. The molecule has 1 aromatic rings. The quantitative estimate of drug-likeness (QED) is 0.730. The van der Waals surface area contributed by atoms with Crippen molar-refractivity contribution in [3.8, 4) is 0 Å². The average Bonchev–Trinajstić information content (AvgIpc) is 2.14. The summed E-state index contributed by atoms with van der Waals surface area (Å²) in [4.78, 5) is 0. The molecule has 0 fully saturated rings. The van der Waals surface area contributed by atoms with Gasteiger partial charge in [-0.05, 0) is 22.9 Å². The zero-order valence-electron chi connectivity index (χ0n) is 5.87. The van der Waals surface area contributed by atoms with Crippen LogP contribution in [0.5, 0.6) is 0 Å². The number of nitrogens with two attached hydrogens (primary N) is 1. The number of hydrogen-bond donors (Lipinski definition) is 1. The Balaban J connectivity index is 3.05. The first kappa shape index (κ1) is 7.68. The van der Waals surface area contributed by atoms with E-state index in [1.54, 1.807) is 0 Å². The molecule has 1 atom stereocenters. The highest BCUT2D eigenvalue weighted by atomic mass is 79.9. The van der Waals surface area contributed by atoms with Crippen molar-refractivity contribution in [3.05, 3.63) is 10.6 Å². The highest BCUT2D eigenvalue weighted by Gasteiger charge is 2.08. The van der Waals surface area contributed by atoms with E-state index in [1.807, 2.05) is 18.5 Å². The van der Waals surface area contributed by atoms with Gasteiger partial charge < -0.3 is 10.3 Å². The highest BCUT2D eigenvalue weighted by Crippen LogP contribution is 2.10. The van der Waals surface area contributed by atoms with Crippen LogP contribution in [0.1, 0.15) is 18.8 Å². The lowest BCUT2D eigenvalue weighted by atomic mass is 10.3. The normalized spacial score (nSPS) is 13.6. The largest absolute Gasteiger partial charge is 0.322 e. The first-order chi connectivity index (χ1) is 4.63. The third-order valence-corrected chi connectivity index (χ3v) is 1.95. The Morgan fingerprint density at radius 3 is 2.40 bits per heavy atom. The van der Waals surface area contributed by atoms with Crippen LogP contribution in [-0.2, 0) is 7.05 Å². The molecule has 0 saturated heterocycles. The molecule has 5 heteroatoms. The van der Waals surface area contributed by atoms with Crippen molar-refractivity contribution in [2.75, 3.05) is 0 Å². The molecule has 0 aliphatic heterocycles. The van der Waals surface area contributed by atoms with Crippen LogP contribution >= 0.6 is 15.9 Å². The summed E-state index contributed by atoms with van der Waals surface area (Å²) in [6.07, 6.45) is 0. The van der Waals surface area contributed by atoms with Crippen molar-refractivity contribution in [2.24, 2.45) is 12.8 Å². The van der Waals surface area contributed by atoms with E-state index in [1.165, 1.54) is 0 Å². The maximum absolute atomic E-state index is 5.58. The molecule has 1 aromatic heterocycles. The van der Waals surface area contributed by atoms with Crippen molar-refractivity contribution in [2.45, 2.75) is 13.0 Å². The van der Waals surface area contributed by atoms with Crippen molar-refractivity contribution in [1.82, 2.24) is 14.8 Å². The molecule has 4 nitrogen and oxygen atoms in total. The fourth-order valence-electron chi connectivity index (χ4n) is 0.718. The fourth-order valence-corrected chi connectivity index (χ4v) is 0.979. The second kappa shape index (κ2) is 2.67. The van der Waals surface area contributed by atoms with E-state index < -0.39 is 0 Å². The van der Waals surface area contributed by atoms with Gasteiger partial charge in [0, 0.05) is 7.05 Å². The molecule has 0 aliphatic rings. The lowest BCUT2D eigenvalue weighted by molar-refractivity contribution is 0.679. The molecular formula is C5H9BrN4. The minimum Gasteiger partial charge on any atom is -0.322 e. The Hall–Kier alpha value is -0.420. The molecule has 56 valence electrons. The fraction of sp³-hybridized carbons (Fsp3) is 0.600. The van der Waals surface area contributed by atoms with Crippen LogP contribution in [0.3, 0.4) is 0 Å². The van der Waals surface area contributed by atoms with Crippen LogP contribution in [0.2, 0.25) is 0 Å². The molecule has 1 heterocycles. The summed E-state index contributed by atoms with van der Waals surface area (Å²) in [5.41, 5.74) is 5.58. The topological polar surface area (TPSA) is 56.7 Å². The summed E-state index contributed by atoms with van der Waals surface area (Å²) in [5.74, 6) is 0.784. The molecular weight excluding hydrogens is 196 g/mol. The van der Waals surface area contributed by atoms with Gasteiger partial charge in [-0.1, -0.05) is 0 Å². The van der Waals surface area contributed by atoms with Crippen molar-refractivity contribution >= 4 is 15.9 Å². The summed E-state index contributed by atoms with van der Waals surface area (Å²) in [6.45, 7) is 1.87. The van der Waals surface area contributed by atoms with E-state index in [0.717, 1.165) is 5.82 Å². The number of nitrogens with zero attached hydrogens (tertiary/aromatic N) is 3. The van der Waals surface area contributed by atoms with Gasteiger partial charge in [0.2, 0.25) is 0 Å². The van der Waals surface area contributed by atoms with E-state index in [-0.39, 0.29) is 6.04 Å². The predicted molar refractivity (Wildman–Crippen MR) is 41.3 cm³/mol. The second-order valence-corrected chi connectivity index (χ2v) is 2.88. The van der Waals surface area contributed by atoms with Gasteiger partial charge in [0.25, 0.3) is 0 Å². The molecule has 0 saturated carbocycles. The van der Waals surface area contributed by atoms with Crippen LogP contribution in [0.15, 0.2) is 4.73 Å². The van der Waals surface area contributed by atoms with Crippen LogP contribution < -0.4 is 5.73 Å². The maximum atomic E-state index is 5.58. The predicted octanol–water partition coefficient (Wildman–Crippen LogP) is 0.597. The van der Waals surface area contributed by atoms with Gasteiger partial charge >= 0.3 is 0 Å². The Morgan fingerprint density at radius 2 is 2.20 bits per heavy atom. The summed E-state index contributed by atoms with van der Waals surface area (Å²) in [7, 11) is 1.86. The van der Waals surface area contributed by atoms with Gasteiger partial charge in [-0.2, -0.15) is 0 Å². The number of hydrogen-bond acceptors (Lipinski definition) is 3. The van der Waals surface area contributed by atoms with E-state index in [0.29, 0.717) is 4.73 Å². The summed E-state index contributed by atoms with van der Waals surface area (Å²) >= 11 is 3.22. The Morgan fingerprint density at radius 1 is 1.60 bits per heavy atom. The van der Waals surface area contributed by atoms with E-state index in [2.05, 4.69) is 26.1 Å². The minimum absolute atomic E-state index is 0.0659. The number of aromatic nitrogens is 3. The van der Waals surface area contributed by atoms with Crippen molar-refractivity contribution in [3.63, 3.8) is 0 Å². The van der Waals surface area contributed by atoms with Gasteiger partial charge in [0.15, 0.2) is 4.73 Å². The lowest BCUT2D eigenvalue weighted by Gasteiger charge is -2.02. The molecule has 0 aromatic carbocycles. The van der Waals surface area contributed by atoms with E-state index >= 15 is 0 Å². The van der Waals surface area contributed by atoms with Gasteiger partial charge in [0.05, 0.1) is 6.04 Å². The lowest BCUT2D eigenvalue weighted by Crippen LogP contribution is -2.11. The molecule has 0 radical (unpaired) electrons. The van der Waals surface area contributed by atoms with Gasteiger partial charge in [-0.15, -0.1) is 10.2 Å². The first-order valence-electron chi connectivity index (χ1n) is 2.93. The Labute approximate surface area is 67.6 Å². The molecule has 0 aliphatic carbocycles. The molecule has 0 spiro atoms. The standard InChI is InChI=1S/C5H9BrN4/c1-3(7)4-8-9-5(6)10(4)2/h3H,7H2,1-2H3/t3-/m1/s1. The van der Waals surface area contributed by atoms with Crippen LogP contribution in [0.25, 0.3) is 0 Å². The molecule has 10 heavy (non-hydrogen) atoms. The highest BCUT2D eigenvalue weighted by molar-refractivity contribution is 9.10. The summed E-state index contributed by atoms with van der Waals surface area (Å²) < 4.78 is 2.52. The molecule has 1 rings (SSSR count). The monoisotopic (exact) mass is 204 g/mol. The Bertz CT molecular complexity index is 230. The Kier molecular flexibility index (Phi) is 2.05. The van der Waals surface area contributed by atoms with E-state index in [4.69, 9.17) is 5.73 Å². The smallest absolute Gasteiger partial charge is 0.199 e. The van der Waals surface area contributed by atoms with Gasteiger partial charge in [-0.3, -0.25) is 0 Å². The second-order valence-electron chi connectivity index (χ2n) is 2.17. The SMILES string of the molecule is C[C@@H](N)c1nnc(Br)n1C. The average molecular weight is 205 g/mol. The summed E-state index contributed by atoms with van der Waals surface area (Å²) in [6, 6.07) is -0.0659. The maximum Gasteiger partial charge on any atom is 0.199 e. The van der Waals surface area contributed by atoms with Crippen LogP contribution in [-0.4, -0.2) is 14.8 Å². The molecule has 0 unspecified atom stereocenters. The zero-order chi connectivity index (χ0) is 7.72. The number of rotatable bonds is 1. The van der Waals surface area contributed by atoms with Crippen molar-refractivity contribution in [1.29, 1.82) is 0 Å². The van der Waals surface area contributed by atoms with Crippen LogP contribution in [0, 0.1) is 0 Å². The minimum atomic E-state index is -0.0659. The number of halogens is 1. The summed E-state index contributed by atoms with van der Waals surface area (Å²) in [5, 5.41) is 7.64. The van der Waals surface area contributed by atoms with Crippen LogP contribution in [0.4, 0.5) is 0 Å². The van der Waals surface area contributed by atoms with Gasteiger partial charge in [0.1, 0.15) is 5.82 Å². The molecule has 2 N–H and O–H groups in total. The van der Waals surface area contributed by atoms with E-state index in [9.17, 15) is 0 Å². The molecule has 0 amide bonds. The van der Waals surface area contributed by atoms with Gasteiger partial charge in [-0.25, -0.2) is 0 Å². The van der Waals surface area contributed by atoms with Crippen molar-refractivity contribution < 1.29 is 0 Å². The third-order valence-electron chi connectivity index (χ3n) is 1.26. The molecule has 0 bridgehead atoms. The first-order valence-corrected chi connectivity index (χ1v) is 3.72. The third kappa shape index (κ3) is 1.19.